The number of nitrogens with two attached hydrogens (primary N) is 1. The van der Waals surface area contributed by atoms with Crippen molar-refractivity contribution < 1.29 is 0 Å². The zero-order chi connectivity index (χ0) is 2.71. The summed E-state index contributed by atoms with van der Waals surface area (Å²) in [5.41, 5.74) is 2.25. The molecule has 0 bridgehead atoms. The highest BCUT2D eigenvalue weighted by molar-refractivity contribution is 5.85. The van der Waals surface area contributed by atoms with E-state index in [-0.39, 0.29) is 31.0 Å². The standard InChI is InChI=1S/CH6N2.2ClH.H3N/c1-3-2;;;/h3H,2H2,1H3;2*1H;1H3. The number of hydrogen-bond acceptors (Lipinski definition) is 3. The van der Waals surface area contributed by atoms with Crippen molar-refractivity contribution >= 4 is 24.8 Å². The number of nitrogens with one attached hydrogen (secondary N) is 1. The molecule has 0 aromatic rings. The predicted octanol–water partition coefficient (Wildman–Crippen LogP) is 0.0851. The Morgan fingerprint density at radius 1 is 1.33 bits per heavy atom. The smallest absolute Gasteiger partial charge is 0.00172 e. The summed E-state index contributed by atoms with van der Waals surface area (Å²) in [6.45, 7) is 0. The average Bonchev–Trinajstić information content (AvgIpc) is 0.918. The lowest BCUT2D eigenvalue weighted by Gasteiger charge is -1.62. The van der Waals surface area contributed by atoms with Gasteiger partial charge >= 0.3 is 0 Å². The number of rotatable bonds is 0. The van der Waals surface area contributed by atoms with Crippen LogP contribution in [0.1, 0.15) is 0 Å². The summed E-state index contributed by atoms with van der Waals surface area (Å²) in [4.78, 5) is 0. The third-order valence-electron chi connectivity index (χ3n) is 0. The summed E-state index contributed by atoms with van der Waals surface area (Å²) in [5.74, 6) is 4.60. The van der Waals surface area contributed by atoms with Crippen molar-refractivity contribution in [3.05, 3.63) is 0 Å². The van der Waals surface area contributed by atoms with E-state index >= 15 is 0 Å². The Morgan fingerprint density at radius 2 is 1.33 bits per heavy atom. The molecule has 0 radical (unpaired) electrons. The molecule has 0 spiro atoms. The molecule has 3 nitrogen and oxygen atoms in total. The number of halogens is 2. The van der Waals surface area contributed by atoms with Crippen molar-refractivity contribution in [3.63, 3.8) is 0 Å². The molecular weight excluding hydrogens is 125 g/mol. The van der Waals surface area contributed by atoms with E-state index in [4.69, 9.17) is 0 Å². The van der Waals surface area contributed by atoms with Crippen LogP contribution in [0.2, 0.25) is 0 Å². The van der Waals surface area contributed by atoms with E-state index in [1.807, 2.05) is 0 Å². The first-order valence-corrected chi connectivity index (χ1v) is 0.789. The normalized spacial score (nSPS) is 3.00. The number of hydrazine groups is 1. The first-order valence-electron chi connectivity index (χ1n) is 0.789. The Labute approximate surface area is 50.0 Å². The Hall–Kier alpha value is 0.460. The van der Waals surface area contributed by atoms with Gasteiger partial charge in [0.15, 0.2) is 0 Å². The fraction of sp³-hybridized carbons (Fsp3) is 1.00. The molecule has 0 aromatic carbocycles. The van der Waals surface area contributed by atoms with E-state index in [9.17, 15) is 0 Å². The van der Waals surface area contributed by atoms with Crippen LogP contribution in [-0.2, 0) is 0 Å². The number of hydrogen-bond donors (Lipinski definition) is 3. The van der Waals surface area contributed by atoms with Crippen LogP contribution in [0.4, 0.5) is 0 Å². The van der Waals surface area contributed by atoms with Crippen LogP contribution in [0, 0.1) is 0 Å². The highest BCUT2D eigenvalue weighted by Gasteiger charge is 1.22. The molecule has 0 atom stereocenters. The molecular formula is CH11Cl2N3. The van der Waals surface area contributed by atoms with E-state index in [0.29, 0.717) is 0 Å². The minimum atomic E-state index is 0. The Kier molecular flexibility index (Phi) is 270. The Balaban J connectivity index is -0.00000000667. The second-order valence-corrected chi connectivity index (χ2v) is 0.289. The predicted molar refractivity (Wildman–Crippen MR) is 32.8 cm³/mol. The minimum Gasteiger partial charge on any atom is -0.344 e. The van der Waals surface area contributed by atoms with Gasteiger partial charge in [0.25, 0.3) is 0 Å². The van der Waals surface area contributed by atoms with Crippen molar-refractivity contribution in [1.82, 2.24) is 11.6 Å². The second kappa shape index (κ2) is 51.0. The largest absolute Gasteiger partial charge is 0.344 e. The maximum atomic E-state index is 4.60. The van der Waals surface area contributed by atoms with E-state index in [1.54, 1.807) is 7.05 Å². The molecule has 0 aliphatic carbocycles. The topological polar surface area (TPSA) is 73.0 Å². The molecule has 0 saturated carbocycles. The fourth-order valence-electron chi connectivity index (χ4n) is 0. The van der Waals surface area contributed by atoms with Gasteiger partial charge in [-0.25, -0.2) is 0 Å². The summed E-state index contributed by atoms with van der Waals surface area (Å²) in [6.07, 6.45) is 0. The summed E-state index contributed by atoms with van der Waals surface area (Å²) in [5, 5.41) is 0. The second-order valence-electron chi connectivity index (χ2n) is 0.289. The molecule has 0 aliphatic rings. The molecule has 0 fully saturated rings. The summed E-state index contributed by atoms with van der Waals surface area (Å²) < 4.78 is 0. The maximum Gasteiger partial charge on any atom is -0.00172 e. The van der Waals surface area contributed by atoms with Gasteiger partial charge in [-0.05, 0) is 7.05 Å². The molecule has 0 unspecified atom stereocenters. The lowest BCUT2D eigenvalue weighted by molar-refractivity contribution is 0.900. The van der Waals surface area contributed by atoms with Gasteiger partial charge in [0.2, 0.25) is 0 Å². The zero-order valence-electron chi connectivity index (χ0n) is 3.60. The van der Waals surface area contributed by atoms with Crippen LogP contribution in [0.3, 0.4) is 0 Å². The first-order chi connectivity index (χ1) is 1.41. The zero-order valence-corrected chi connectivity index (χ0v) is 5.23. The van der Waals surface area contributed by atoms with Gasteiger partial charge < -0.3 is 6.15 Å². The van der Waals surface area contributed by atoms with Gasteiger partial charge in [0, 0.05) is 0 Å². The van der Waals surface area contributed by atoms with Crippen molar-refractivity contribution in [2.45, 2.75) is 0 Å². The van der Waals surface area contributed by atoms with Gasteiger partial charge in [-0.1, -0.05) is 0 Å². The molecule has 0 saturated heterocycles. The maximum absolute atomic E-state index is 4.60. The quantitative estimate of drug-likeness (QED) is 0.326. The fourth-order valence-corrected chi connectivity index (χ4v) is 0. The molecule has 6 heavy (non-hydrogen) atoms. The van der Waals surface area contributed by atoms with Crippen LogP contribution >= 0.6 is 24.8 Å². The van der Waals surface area contributed by atoms with Crippen molar-refractivity contribution in [2.24, 2.45) is 5.84 Å². The third-order valence-corrected chi connectivity index (χ3v) is 0. The van der Waals surface area contributed by atoms with Crippen molar-refractivity contribution in [2.75, 3.05) is 7.05 Å². The molecule has 0 heterocycles. The molecule has 6 N–H and O–H groups in total. The summed E-state index contributed by atoms with van der Waals surface area (Å²) >= 11 is 0. The van der Waals surface area contributed by atoms with Crippen LogP contribution in [-0.4, -0.2) is 7.05 Å². The van der Waals surface area contributed by atoms with Gasteiger partial charge in [-0.2, -0.15) is 0 Å². The molecule has 44 valence electrons. The van der Waals surface area contributed by atoms with E-state index < -0.39 is 0 Å². The van der Waals surface area contributed by atoms with Crippen molar-refractivity contribution in [3.8, 4) is 0 Å². The highest BCUT2D eigenvalue weighted by Crippen LogP contribution is 0.817. The SMILES string of the molecule is CNN.Cl.Cl.N. The first kappa shape index (κ1) is 31.8. The molecule has 5 heteroatoms. The summed E-state index contributed by atoms with van der Waals surface area (Å²) in [6, 6.07) is 0. The van der Waals surface area contributed by atoms with Crippen LogP contribution in [0.15, 0.2) is 0 Å². The van der Waals surface area contributed by atoms with Crippen LogP contribution < -0.4 is 17.4 Å². The van der Waals surface area contributed by atoms with Gasteiger partial charge in [0.1, 0.15) is 0 Å². The van der Waals surface area contributed by atoms with Crippen LogP contribution in [0.25, 0.3) is 0 Å². The molecule has 0 amide bonds. The van der Waals surface area contributed by atoms with E-state index in [2.05, 4.69) is 11.3 Å². The molecule has 0 aliphatic heterocycles. The van der Waals surface area contributed by atoms with Gasteiger partial charge in [-0.15, -0.1) is 24.8 Å². The van der Waals surface area contributed by atoms with Crippen LogP contribution in [0.5, 0.6) is 0 Å². The van der Waals surface area contributed by atoms with Gasteiger partial charge in [0.05, 0.1) is 0 Å². The van der Waals surface area contributed by atoms with Gasteiger partial charge in [-0.3, -0.25) is 11.3 Å². The Morgan fingerprint density at radius 3 is 1.33 bits per heavy atom. The lowest BCUT2D eigenvalue weighted by Crippen LogP contribution is -2.13. The highest BCUT2D eigenvalue weighted by atomic mass is 35.5. The third kappa shape index (κ3) is 252. The molecule has 0 rings (SSSR count). The summed E-state index contributed by atoms with van der Waals surface area (Å²) in [7, 11) is 1.65. The monoisotopic (exact) mass is 135 g/mol. The van der Waals surface area contributed by atoms with Crippen molar-refractivity contribution in [1.29, 1.82) is 0 Å². The Bertz CT molecular complexity index is 8.75. The average molecular weight is 136 g/mol. The van der Waals surface area contributed by atoms with E-state index in [1.165, 1.54) is 0 Å². The van der Waals surface area contributed by atoms with E-state index in [0.717, 1.165) is 0 Å². The molecule has 0 aromatic heterocycles. The minimum absolute atomic E-state index is 0. The lowest BCUT2D eigenvalue weighted by atomic mass is 11.5.